The van der Waals surface area contributed by atoms with Crippen LogP contribution in [-0.2, 0) is 17.8 Å². The third kappa shape index (κ3) is 2.63. The third-order valence-electron chi connectivity index (χ3n) is 3.70. The van der Waals surface area contributed by atoms with E-state index in [0.29, 0.717) is 8.95 Å². The smallest absolute Gasteiger partial charge is 0.282 e. The lowest BCUT2D eigenvalue weighted by Crippen LogP contribution is -2.40. The van der Waals surface area contributed by atoms with Gasteiger partial charge in [-0.15, -0.1) is 0 Å². The van der Waals surface area contributed by atoms with Crippen molar-refractivity contribution < 1.29 is 4.79 Å². The number of carbonyl (C=O) groups excluding carboxylic acids is 1. The first-order valence-corrected chi connectivity index (χ1v) is 8.38. The summed E-state index contributed by atoms with van der Waals surface area (Å²) in [6, 6.07) is 7.93. The van der Waals surface area contributed by atoms with Gasteiger partial charge in [0.25, 0.3) is 5.56 Å². The van der Waals surface area contributed by atoms with Crippen molar-refractivity contribution in [1.29, 1.82) is 0 Å². The summed E-state index contributed by atoms with van der Waals surface area (Å²) in [7, 11) is 0. The number of nitrogens with zero attached hydrogens (tertiary/aromatic N) is 3. The summed E-state index contributed by atoms with van der Waals surface area (Å²) in [4.78, 5) is 26.5. The topological polar surface area (TPSA) is 55.2 Å². The Balaban J connectivity index is 1.90. The number of benzene rings is 1. The van der Waals surface area contributed by atoms with Crippen molar-refractivity contribution in [2.24, 2.45) is 0 Å². The van der Waals surface area contributed by atoms with Crippen molar-refractivity contribution in [3.8, 4) is 0 Å². The number of rotatable bonds is 2. The maximum Gasteiger partial charge on any atom is 0.282 e. The normalized spacial score (nSPS) is 16.7. The average Bonchev–Trinajstić information content (AvgIpc) is 2.83. The summed E-state index contributed by atoms with van der Waals surface area (Å²) in [6.45, 7) is 1.93. The molecule has 3 rings (SSSR count). The van der Waals surface area contributed by atoms with Crippen LogP contribution in [0, 0.1) is 0 Å². The van der Waals surface area contributed by atoms with Crippen molar-refractivity contribution in [3.05, 3.63) is 55.3 Å². The Hall–Kier alpha value is -1.47. The molecule has 114 valence electrons. The standard InChI is InChI=1S/C15H13Br2N3O2/c1-9-6-10-4-2-3-5-12(10)20(9)13(21)8-19-15(22)14(17)11(16)7-18-19/h2-5,7,9H,6,8H2,1H3. The van der Waals surface area contributed by atoms with Crippen LogP contribution < -0.4 is 10.5 Å². The molecule has 1 aliphatic rings. The fourth-order valence-electron chi connectivity index (χ4n) is 2.71. The van der Waals surface area contributed by atoms with E-state index < -0.39 is 0 Å². The molecule has 5 nitrogen and oxygen atoms in total. The number of aromatic nitrogens is 2. The molecule has 1 aliphatic heterocycles. The second-order valence-electron chi connectivity index (χ2n) is 5.21. The van der Waals surface area contributed by atoms with E-state index in [0.717, 1.165) is 17.7 Å². The van der Waals surface area contributed by atoms with Gasteiger partial charge in [-0.2, -0.15) is 5.10 Å². The quantitative estimate of drug-likeness (QED) is 0.741. The highest BCUT2D eigenvalue weighted by molar-refractivity contribution is 9.13. The highest BCUT2D eigenvalue weighted by atomic mass is 79.9. The molecule has 22 heavy (non-hydrogen) atoms. The summed E-state index contributed by atoms with van der Waals surface area (Å²) >= 11 is 6.42. The molecule has 0 saturated carbocycles. The zero-order chi connectivity index (χ0) is 15.9. The zero-order valence-corrected chi connectivity index (χ0v) is 15.0. The first kappa shape index (κ1) is 15.4. The molecule has 0 aliphatic carbocycles. The van der Waals surface area contributed by atoms with Crippen LogP contribution >= 0.6 is 31.9 Å². The minimum Gasteiger partial charge on any atom is -0.307 e. The Morgan fingerprint density at radius 2 is 2.09 bits per heavy atom. The monoisotopic (exact) mass is 425 g/mol. The lowest BCUT2D eigenvalue weighted by Gasteiger charge is -2.22. The summed E-state index contributed by atoms with van der Waals surface area (Å²) < 4.78 is 2.11. The van der Waals surface area contributed by atoms with Gasteiger partial charge in [-0.25, -0.2) is 4.68 Å². The van der Waals surface area contributed by atoms with E-state index in [1.165, 1.54) is 10.9 Å². The molecule has 0 radical (unpaired) electrons. The van der Waals surface area contributed by atoms with Crippen LogP contribution in [0.15, 0.2) is 44.2 Å². The molecule has 1 amide bonds. The van der Waals surface area contributed by atoms with E-state index in [-0.39, 0.29) is 24.1 Å². The average molecular weight is 427 g/mol. The van der Waals surface area contributed by atoms with Gasteiger partial charge >= 0.3 is 0 Å². The van der Waals surface area contributed by atoms with E-state index in [1.54, 1.807) is 4.90 Å². The van der Waals surface area contributed by atoms with Gasteiger partial charge in [0.1, 0.15) is 11.0 Å². The largest absolute Gasteiger partial charge is 0.307 e. The fraction of sp³-hybridized carbons (Fsp3) is 0.267. The number of hydrogen-bond donors (Lipinski definition) is 0. The molecule has 0 saturated heterocycles. The van der Waals surface area contributed by atoms with Gasteiger partial charge < -0.3 is 4.90 Å². The maximum atomic E-state index is 12.6. The molecule has 1 aromatic heterocycles. The van der Waals surface area contributed by atoms with Crippen LogP contribution in [0.3, 0.4) is 0 Å². The van der Waals surface area contributed by atoms with Crippen LogP contribution in [0.2, 0.25) is 0 Å². The van der Waals surface area contributed by atoms with E-state index in [2.05, 4.69) is 37.0 Å². The van der Waals surface area contributed by atoms with Gasteiger partial charge in [-0.05, 0) is 56.8 Å². The number of amides is 1. The number of hydrogen-bond acceptors (Lipinski definition) is 3. The predicted octanol–water partition coefficient (Wildman–Crippen LogP) is 2.75. The molecule has 0 bridgehead atoms. The third-order valence-corrected chi connectivity index (χ3v) is 5.60. The highest BCUT2D eigenvalue weighted by Crippen LogP contribution is 2.31. The second kappa shape index (κ2) is 5.96. The fourth-order valence-corrected chi connectivity index (χ4v) is 3.28. The van der Waals surface area contributed by atoms with Gasteiger partial charge in [0.15, 0.2) is 0 Å². The first-order chi connectivity index (χ1) is 10.5. The molecule has 2 aromatic rings. The molecule has 0 spiro atoms. The van der Waals surface area contributed by atoms with Crippen molar-refractivity contribution in [2.75, 3.05) is 4.90 Å². The van der Waals surface area contributed by atoms with Gasteiger partial charge in [-0.3, -0.25) is 9.59 Å². The molecule has 1 atom stereocenters. The van der Waals surface area contributed by atoms with E-state index in [1.807, 2.05) is 31.2 Å². The van der Waals surface area contributed by atoms with E-state index in [4.69, 9.17) is 0 Å². The molecular formula is C15H13Br2N3O2. The highest BCUT2D eigenvalue weighted by Gasteiger charge is 2.30. The Bertz CT molecular complexity index is 804. The molecule has 0 N–H and O–H groups in total. The minimum absolute atomic E-state index is 0.0800. The molecule has 0 fully saturated rings. The van der Waals surface area contributed by atoms with Gasteiger partial charge in [0.2, 0.25) is 5.91 Å². The minimum atomic E-state index is -0.331. The Morgan fingerprint density at radius 3 is 2.86 bits per heavy atom. The van der Waals surface area contributed by atoms with Gasteiger partial charge in [-0.1, -0.05) is 18.2 Å². The van der Waals surface area contributed by atoms with Crippen LogP contribution in [0.4, 0.5) is 5.69 Å². The first-order valence-electron chi connectivity index (χ1n) is 6.80. The lowest BCUT2D eigenvalue weighted by atomic mass is 10.1. The van der Waals surface area contributed by atoms with Crippen LogP contribution in [0.5, 0.6) is 0 Å². The summed E-state index contributed by atoms with van der Waals surface area (Å²) in [5.74, 6) is -0.138. The summed E-state index contributed by atoms with van der Waals surface area (Å²) in [5, 5.41) is 4.01. The molecule has 1 aromatic carbocycles. The Labute approximate surface area is 144 Å². The Kier molecular flexibility index (Phi) is 4.18. The van der Waals surface area contributed by atoms with Crippen molar-refractivity contribution >= 4 is 43.5 Å². The van der Waals surface area contributed by atoms with Crippen molar-refractivity contribution in [2.45, 2.75) is 25.9 Å². The number of carbonyl (C=O) groups is 1. The number of anilines is 1. The Morgan fingerprint density at radius 1 is 1.36 bits per heavy atom. The molecular weight excluding hydrogens is 414 g/mol. The van der Waals surface area contributed by atoms with Gasteiger partial charge in [0, 0.05) is 11.7 Å². The maximum absolute atomic E-state index is 12.6. The summed E-state index contributed by atoms with van der Waals surface area (Å²) in [5.41, 5.74) is 1.74. The van der Waals surface area contributed by atoms with E-state index in [9.17, 15) is 9.59 Å². The number of para-hydroxylation sites is 1. The molecule has 1 unspecified atom stereocenters. The zero-order valence-electron chi connectivity index (χ0n) is 11.8. The second-order valence-corrected chi connectivity index (χ2v) is 6.86. The number of fused-ring (bicyclic) bond motifs is 1. The van der Waals surface area contributed by atoms with Crippen LogP contribution in [0.25, 0.3) is 0 Å². The van der Waals surface area contributed by atoms with Crippen molar-refractivity contribution in [3.63, 3.8) is 0 Å². The molecule has 7 heteroatoms. The lowest BCUT2D eigenvalue weighted by molar-refractivity contribution is -0.119. The SMILES string of the molecule is CC1Cc2ccccc2N1C(=O)Cn1ncc(Br)c(Br)c1=O. The van der Waals surface area contributed by atoms with E-state index >= 15 is 0 Å². The van der Waals surface area contributed by atoms with Crippen molar-refractivity contribution in [1.82, 2.24) is 9.78 Å². The number of halogens is 2. The molecule has 2 heterocycles. The summed E-state index contributed by atoms with van der Waals surface area (Å²) in [6.07, 6.45) is 2.33. The predicted molar refractivity (Wildman–Crippen MR) is 91.0 cm³/mol. The van der Waals surface area contributed by atoms with Crippen LogP contribution in [0.1, 0.15) is 12.5 Å². The van der Waals surface area contributed by atoms with Gasteiger partial charge in [0.05, 0.1) is 10.7 Å². The van der Waals surface area contributed by atoms with Crippen LogP contribution in [-0.4, -0.2) is 21.7 Å².